The molecule has 2 aromatic carbocycles. The van der Waals surface area contributed by atoms with Gasteiger partial charge in [-0.25, -0.2) is 0 Å². The van der Waals surface area contributed by atoms with Crippen LogP contribution in [0.4, 0.5) is 0 Å². The molecule has 0 aliphatic rings. The van der Waals surface area contributed by atoms with E-state index in [1.165, 1.54) is 0 Å². The number of carbonyl (C=O) groups is 1. The van der Waals surface area contributed by atoms with Gasteiger partial charge in [0.15, 0.2) is 6.29 Å². The molecule has 17 heavy (non-hydrogen) atoms. The molecule has 0 saturated heterocycles. The van der Waals surface area contributed by atoms with E-state index in [2.05, 4.69) is 15.9 Å². The summed E-state index contributed by atoms with van der Waals surface area (Å²) >= 11 is 3.41. The Morgan fingerprint density at radius 3 is 2.41 bits per heavy atom. The van der Waals surface area contributed by atoms with Crippen LogP contribution in [-0.4, -0.2) is 6.29 Å². The first-order valence-corrected chi connectivity index (χ1v) is 6.07. The van der Waals surface area contributed by atoms with Gasteiger partial charge in [0.05, 0.1) is 0 Å². The number of rotatable bonds is 3. The average molecular weight is 287 g/mol. The Bertz CT molecular complexity index is 544. The maximum absolute atomic E-state index is 11.1. The zero-order valence-corrected chi connectivity index (χ0v) is 10.7. The first-order valence-electron chi connectivity index (χ1n) is 5.27. The lowest BCUT2D eigenvalue weighted by Crippen LogP contribution is -1.85. The van der Waals surface area contributed by atoms with Crippen LogP contribution in [0.2, 0.25) is 0 Å². The van der Waals surface area contributed by atoms with Gasteiger partial charge < -0.3 is 0 Å². The molecule has 0 aliphatic carbocycles. The lowest BCUT2D eigenvalue weighted by molar-refractivity contribution is -0.103. The van der Waals surface area contributed by atoms with Crippen molar-refractivity contribution in [3.63, 3.8) is 0 Å². The Morgan fingerprint density at radius 2 is 1.76 bits per heavy atom. The molecule has 0 spiro atoms. The van der Waals surface area contributed by atoms with Gasteiger partial charge in [0.25, 0.3) is 0 Å². The van der Waals surface area contributed by atoms with Gasteiger partial charge in [-0.3, -0.25) is 4.79 Å². The highest BCUT2D eigenvalue weighted by Gasteiger charge is 1.99. The summed E-state index contributed by atoms with van der Waals surface area (Å²) in [5, 5.41) is 0. The Hall–Kier alpha value is -1.67. The van der Waals surface area contributed by atoms with Crippen molar-refractivity contribution in [1.29, 1.82) is 0 Å². The molecule has 2 rings (SSSR count). The molecule has 0 amide bonds. The minimum atomic E-state index is 0.684. The zero-order valence-electron chi connectivity index (χ0n) is 9.14. The fourth-order valence-electron chi connectivity index (χ4n) is 1.59. The summed E-state index contributed by atoms with van der Waals surface area (Å²) in [5.41, 5.74) is 2.62. The van der Waals surface area contributed by atoms with Crippen LogP contribution < -0.4 is 0 Å². The number of benzene rings is 2. The molecule has 0 unspecified atom stereocenters. The molecule has 1 nitrogen and oxygen atoms in total. The van der Waals surface area contributed by atoms with E-state index in [4.69, 9.17) is 0 Å². The minimum absolute atomic E-state index is 0.684. The first-order chi connectivity index (χ1) is 8.29. The van der Waals surface area contributed by atoms with Gasteiger partial charge in [0.1, 0.15) is 0 Å². The molecular formula is C15H11BrO. The summed E-state index contributed by atoms with van der Waals surface area (Å²) in [7, 11) is 0. The monoisotopic (exact) mass is 286 g/mol. The van der Waals surface area contributed by atoms with E-state index in [0.717, 1.165) is 21.9 Å². The molecule has 0 saturated carbocycles. The van der Waals surface area contributed by atoms with Gasteiger partial charge in [-0.2, -0.15) is 0 Å². The predicted molar refractivity (Wildman–Crippen MR) is 74.5 cm³/mol. The van der Waals surface area contributed by atoms with Gasteiger partial charge in [-0.05, 0) is 29.3 Å². The molecule has 0 bridgehead atoms. The third-order valence-corrected chi connectivity index (χ3v) is 2.90. The molecule has 0 N–H and O–H groups in total. The zero-order chi connectivity index (χ0) is 12.1. The van der Waals surface area contributed by atoms with Crippen molar-refractivity contribution in [1.82, 2.24) is 0 Å². The van der Waals surface area contributed by atoms with Gasteiger partial charge in [-0.15, -0.1) is 0 Å². The SMILES string of the molecule is O=C/C(=C/c1cccc(Br)c1)c1ccccc1. The van der Waals surface area contributed by atoms with Crippen LogP contribution in [0.1, 0.15) is 11.1 Å². The smallest absolute Gasteiger partial charge is 0.150 e. The largest absolute Gasteiger partial charge is 0.298 e. The van der Waals surface area contributed by atoms with E-state index >= 15 is 0 Å². The second-order valence-corrected chi connectivity index (χ2v) is 4.55. The van der Waals surface area contributed by atoms with E-state index in [0.29, 0.717) is 5.57 Å². The van der Waals surface area contributed by atoms with Crippen molar-refractivity contribution in [2.45, 2.75) is 0 Å². The Morgan fingerprint density at radius 1 is 1.00 bits per heavy atom. The van der Waals surface area contributed by atoms with Crippen LogP contribution in [0.5, 0.6) is 0 Å². The number of halogens is 1. The standard InChI is InChI=1S/C15H11BrO/c16-15-8-4-5-12(10-15)9-14(11-17)13-6-2-1-3-7-13/h1-11H/b14-9-. The van der Waals surface area contributed by atoms with E-state index in [9.17, 15) is 4.79 Å². The number of allylic oxidation sites excluding steroid dienone is 1. The van der Waals surface area contributed by atoms with Crippen molar-refractivity contribution in [3.8, 4) is 0 Å². The Kier molecular flexibility index (Phi) is 3.89. The lowest BCUT2D eigenvalue weighted by Gasteiger charge is -2.01. The Balaban J connectivity index is 2.40. The minimum Gasteiger partial charge on any atom is -0.298 e. The summed E-state index contributed by atoms with van der Waals surface area (Å²) in [5.74, 6) is 0. The molecule has 2 aromatic rings. The lowest BCUT2D eigenvalue weighted by atomic mass is 10.0. The van der Waals surface area contributed by atoms with Crippen LogP contribution in [0.15, 0.2) is 59.1 Å². The molecule has 0 aliphatic heterocycles. The summed E-state index contributed by atoms with van der Waals surface area (Å²) in [6.45, 7) is 0. The van der Waals surface area contributed by atoms with Crippen LogP contribution in [0.3, 0.4) is 0 Å². The Labute approximate surface area is 109 Å². The summed E-state index contributed by atoms with van der Waals surface area (Å²) in [6.07, 6.45) is 2.77. The van der Waals surface area contributed by atoms with E-state index in [-0.39, 0.29) is 0 Å². The number of carbonyl (C=O) groups excluding carboxylic acids is 1. The highest BCUT2D eigenvalue weighted by molar-refractivity contribution is 9.10. The van der Waals surface area contributed by atoms with Gasteiger partial charge in [-0.1, -0.05) is 58.4 Å². The maximum atomic E-state index is 11.1. The number of aldehydes is 1. The third kappa shape index (κ3) is 3.14. The topological polar surface area (TPSA) is 17.1 Å². The molecule has 2 heteroatoms. The summed E-state index contributed by atoms with van der Waals surface area (Å²) in [4.78, 5) is 11.1. The second kappa shape index (κ2) is 5.60. The molecule has 0 fully saturated rings. The normalized spacial score (nSPS) is 11.2. The van der Waals surface area contributed by atoms with Crippen LogP contribution in [-0.2, 0) is 4.79 Å². The summed E-state index contributed by atoms with van der Waals surface area (Å²) < 4.78 is 1.00. The first kappa shape index (κ1) is 11.8. The van der Waals surface area contributed by atoms with Crippen LogP contribution in [0, 0.1) is 0 Å². The van der Waals surface area contributed by atoms with Crippen molar-refractivity contribution in [2.24, 2.45) is 0 Å². The van der Waals surface area contributed by atoms with Crippen LogP contribution >= 0.6 is 15.9 Å². The molecule has 0 heterocycles. The highest BCUT2D eigenvalue weighted by Crippen LogP contribution is 2.18. The maximum Gasteiger partial charge on any atom is 0.150 e. The van der Waals surface area contributed by atoms with E-state index in [1.54, 1.807) is 0 Å². The van der Waals surface area contributed by atoms with Crippen molar-refractivity contribution < 1.29 is 4.79 Å². The van der Waals surface area contributed by atoms with Gasteiger partial charge >= 0.3 is 0 Å². The van der Waals surface area contributed by atoms with Crippen molar-refractivity contribution in [2.75, 3.05) is 0 Å². The fraction of sp³-hybridized carbons (Fsp3) is 0. The van der Waals surface area contributed by atoms with Gasteiger partial charge in [0.2, 0.25) is 0 Å². The molecule has 84 valence electrons. The molecule has 0 aromatic heterocycles. The van der Waals surface area contributed by atoms with Crippen LogP contribution in [0.25, 0.3) is 11.6 Å². The highest BCUT2D eigenvalue weighted by atomic mass is 79.9. The predicted octanol–water partition coefficient (Wildman–Crippen LogP) is 4.19. The van der Waals surface area contributed by atoms with Crippen molar-refractivity contribution >= 4 is 33.9 Å². The van der Waals surface area contributed by atoms with Gasteiger partial charge in [0, 0.05) is 10.0 Å². The van der Waals surface area contributed by atoms with E-state index in [1.807, 2.05) is 60.7 Å². The molecule has 0 atom stereocenters. The second-order valence-electron chi connectivity index (χ2n) is 3.64. The number of hydrogen-bond donors (Lipinski definition) is 0. The molecular weight excluding hydrogens is 276 g/mol. The molecule has 0 radical (unpaired) electrons. The average Bonchev–Trinajstić information content (AvgIpc) is 2.37. The van der Waals surface area contributed by atoms with E-state index < -0.39 is 0 Å². The fourth-order valence-corrected chi connectivity index (χ4v) is 2.01. The summed E-state index contributed by atoms with van der Waals surface area (Å²) in [6, 6.07) is 17.5. The quantitative estimate of drug-likeness (QED) is 0.470. The third-order valence-electron chi connectivity index (χ3n) is 2.40. The number of hydrogen-bond acceptors (Lipinski definition) is 1. The van der Waals surface area contributed by atoms with Crippen molar-refractivity contribution in [3.05, 3.63) is 70.2 Å².